The Kier molecular flexibility index (Phi) is 7.77. The van der Waals surface area contributed by atoms with Crippen molar-refractivity contribution in [3.63, 3.8) is 0 Å². The van der Waals surface area contributed by atoms with Crippen LogP contribution in [0, 0.1) is 0 Å². The highest BCUT2D eigenvalue weighted by Crippen LogP contribution is 2.17. The minimum absolute atomic E-state index is 0.240. The largest absolute Gasteiger partial charge is 0.280 e. The summed E-state index contributed by atoms with van der Waals surface area (Å²) in [5.41, 5.74) is 4.14. The standard InChI is InChI=1S/C25H27NO2S2/c1-2-3-7-20-10-12-21(13-11-20)18-24(29)19-22-14-16-25(17-15-22)30(27,28)26-23-8-5-4-6-9-23/h4-6,8-17,26H,2-3,7,18-19H2,1H3. The van der Waals surface area contributed by atoms with E-state index in [4.69, 9.17) is 12.2 Å². The molecule has 156 valence electrons. The van der Waals surface area contributed by atoms with Crippen molar-refractivity contribution in [1.82, 2.24) is 0 Å². The zero-order chi connectivity index (χ0) is 21.4. The molecule has 0 spiro atoms. The van der Waals surface area contributed by atoms with Gasteiger partial charge in [-0.1, -0.05) is 80.2 Å². The smallest absolute Gasteiger partial charge is 0.261 e. The van der Waals surface area contributed by atoms with E-state index < -0.39 is 10.0 Å². The third-order valence-corrected chi connectivity index (χ3v) is 6.59. The highest BCUT2D eigenvalue weighted by molar-refractivity contribution is 7.92. The van der Waals surface area contributed by atoms with E-state index in [2.05, 4.69) is 35.9 Å². The lowest BCUT2D eigenvalue weighted by atomic mass is 10.0. The van der Waals surface area contributed by atoms with E-state index in [-0.39, 0.29) is 4.90 Å². The van der Waals surface area contributed by atoms with Gasteiger partial charge in [-0.05, 0) is 53.8 Å². The molecule has 1 N–H and O–H groups in total. The van der Waals surface area contributed by atoms with Gasteiger partial charge in [0, 0.05) is 23.4 Å². The van der Waals surface area contributed by atoms with E-state index in [1.54, 1.807) is 36.4 Å². The summed E-state index contributed by atoms with van der Waals surface area (Å²) in [7, 11) is -3.60. The Balaban J connectivity index is 1.57. The maximum absolute atomic E-state index is 12.5. The fourth-order valence-corrected chi connectivity index (χ4v) is 4.62. The normalized spacial score (nSPS) is 11.2. The van der Waals surface area contributed by atoms with Gasteiger partial charge in [0.1, 0.15) is 0 Å². The van der Waals surface area contributed by atoms with Crippen molar-refractivity contribution in [2.75, 3.05) is 4.72 Å². The second-order valence-corrected chi connectivity index (χ2v) is 9.69. The molecule has 3 rings (SSSR count). The highest BCUT2D eigenvalue weighted by atomic mass is 32.2. The topological polar surface area (TPSA) is 46.2 Å². The second-order valence-electron chi connectivity index (χ2n) is 7.43. The van der Waals surface area contributed by atoms with Crippen LogP contribution in [0.15, 0.2) is 83.8 Å². The Hall–Kier alpha value is -2.50. The molecule has 0 fully saturated rings. The maximum Gasteiger partial charge on any atom is 0.261 e. The fraction of sp³-hybridized carbons (Fsp3) is 0.240. The van der Waals surface area contributed by atoms with Crippen LogP contribution in [0.2, 0.25) is 0 Å². The van der Waals surface area contributed by atoms with E-state index in [0.717, 1.165) is 23.3 Å². The van der Waals surface area contributed by atoms with Crippen molar-refractivity contribution < 1.29 is 8.42 Å². The average molecular weight is 438 g/mol. The molecule has 0 aliphatic carbocycles. The van der Waals surface area contributed by atoms with E-state index in [9.17, 15) is 8.42 Å². The zero-order valence-corrected chi connectivity index (χ0v) is 18.8. The Morgan fingerprint density at radius 1 is 0.800 bits per heavy atom. The van der Waals surface area contributed by atoms with E-state index in [1.807, 2.05) is 18.2 Å². The Morgan fingerprint density at radius 3 is 1.90 bits per heavy atom. The van der Waals surface area contributed by atoms with Crippen LogP contribution in [-0.4, -0.2) is 13.3 Å². The van der Waals surface area contributed by atoms with Crippen LogP contribution < -0.4 is 4.72 Å². The predicted molar refractivity (Wildman–Crippen MR) is 129 cm³/mol. The molecule has 3 aromatic rings. The third kappa shape index (κ3) is 6.51. The van der Waals surface area contributed by atoms with Gasteiger partial charge >= 0.3 is 0 Å². The number of rotatable bonds is 10. The molecule has 0 bridgehead atoms. The summed E-state index contributed by atoms with van der Waals surface area (Å²) in [5, 5.41) is 0. The van der Waals surface area contributed by atoms with Crippen LogP contribution in [0.25, 0.3) is 0 Å². The number of anilines is 1. The molecule has 0 unspecified atom stereocenters. The second kappa shape index (κ2) is 10.5. The molecule has 0 saturated heterocycles. The van der Waals surface area contributed by atoms with Gasteiger partial charge < -0.3 is 0 Å². The monoisotopic (exact) mass is 437 g/mol. The predicted octanol–water partition coefficient (Wildman–Crippen LogP) is 5.99. The number of para-hydroxylation sites is 1. The van der Waals surface area contributed by atoms with Crippen molar-refractivity contribution in [2.24, 2.45) is 0 Å². The number of thiocarbonyl (C=S) groups is 1. The van der Waals surface area contributed by atoms with E-state index in [1.165, 1.54) is 24.0 Å². The number of nitrogens with one attached hydrogen (secondary N) is 1. The lowest BCUT2D eigenvalue weighted by Crippen LogP contribution is -2.13. The first-order valence-corrected chi connectivity index (χ1v) is 12.1. The minimum Gasteiger partial charge on any atom is -0.280 e. The van der Waals surface area contributed by atoms with Gasteiger partial charge in [-0.2, -0.15) is 0 Å². The van der Waals surface area contributed by atoms with Gasteiger partial charge in [0.2, 0.25) is 0 Å². The number of benzene rings is 3. The molecular weight excluding hydrogens is 410 g/mol. The summed E-state index contributed by atoms with van der Waals surface area (Å²) in [6.45, 7) is 2.20. The fourth-order valence-electron chi connectivity index (χ4n) is 3.23. The van der Waals surface area contributed by atoms with Crippen LogP contribution in [0.5, 0.6) is 0 Å². The lowest BCUT2D eigenvalue weighted by molar-refractivity contribution is 0.601. The molecule has 0 aliphatic rings. The van der Waals surface area contributed by atoms with Crippen molar-refractivity contribution in [1.29, 1.82) is 0 Å². The van der Waals surface area contributed by atoms with Gasteiger partial charge in [0.15, 0.2) is 0 Å². The minimum atomic E-state index is -3.60. The molecule has 0 aromatic heterocycles. The first kappa shape index (κ1) is 22.2. The lowest BCUT2D eigenvalue weighted by Gasteiger charge is -2.09. The molecular formula is C25H27NO2S2. The van der Waals surface area contributed by atoms with Gasteiger partial charge in [-0.3, -0.25) is 4.72 Å². The zero-order valence-electron chi connectivity index (χ0n) is 17.2. The molecule has 0 heterocycles. The van der Waals surface area contributed by atoms with Gasteiger partial charge in [-0.25, -0.2) is 8.42 Å². The molecule has 0 saturated carbocycles. The summed E-state index contributed by atoms with van der Waals surface area (Å²) in [4.78, 5) is 1.18. The molecule has 0 radical (unpaired) electrons. The number of hydrogen-bond acceptors (Lipinski definition) is 3. The average Bonchev–Trinajstić information content (AvgIpc) is 2.74. The Labute approximate surface area is 185 Å². The SMILES string of the molecule is CCCCc1ccc(CC(=S)Cc2ccc(S(=O)(=O)Nc3ccccc3)cc2)cc1. The van der Waals surface area contributed by atoms with E-state index in [0.29, 0.717) is 12.1 Å². The van der Waals surface area contributed by atoms with Crippen LogP contribution in [0.1, 0.15) is 36.5 Å². The van der Waals surface area contributed by atoms with Crippen LogP contribution >= 0.6 is 12.2 Å². The molecule has 0 amide bonds. The Bertz CT molecular complexity index is 1060. The Morgan fingerprint density at radius 2 is 1.33 bits per heavy atom. The van der Waals surface area contributed by atoms with Gasteiger partial charge in [0.05, 0.1) is 4.90 Å². The number of aryl methyl sites for hydroxylation is 1. The molecule has 3 aromatic carbocycles. The highest BCUT2D eigenvalue weighted by Gasteiger charge is 2.14. The van der Waals surface area contributed by atoms with Crippen molar-refractivity contribution >= 4 is 32.8 Å². The van der Waals surface area contributed by atoms with Crippen molar-refractivity contribution in [3.05, 3.63) is 95.6 Å². The quantitative estimate of drug-likeness (QED) is 0.397. The van der Waals surface area contributed by atoms with Crippen molar-refractivity contribution in [2.45, 2.75) is 43.9 Å². The molecule has 5 heteroatoms. The number of hydrogen-bond donors (Lipinski definition) is 1. The van der Waals surface area contributed by atoms with Crippen LogP contribution in [-0.2, 0) is 29.3 Å². The summed E-state index contributed by atoms with van der Waals surface area (Å²) in [5.74, 6) is 0. The van der Waals surface area contributed by atoms with Gasteiger partial charge in [0.25, 0.3) is 10.0 Å². The first-order valence-electron chi connectivity index (χ1n) is 10.2. The van der Waals surface area contributed by atoms with E-state index >= 15 is 0 Å². The van der Waals surface area contributed by atoms with Crippen LogP contribution in [0.4, 0.5) is 5.69 Å². The first-order chi connectivity index (χ1) is 14.5. The molecule has 0 aliphatic heterocycles. The molecule has 0 atom stereocenters. The van der Waals surface area contributed by atoms with Gasteiger partial charge in [-0.15, -0.1) is 0 Å². The van der Waals surface area contributed by atoms with Crippen LogP contribution in [0.3, 0.4) is 0 Å². The third-order valence-electron chi connectivity index (χ3n) is 4.90. The summed E-state index contributed by atoms with van der Waals surface area (Å²) in [6, 6.07) is 24.5. The molecule has 3 nitrogen and oxygen atoms in total. The number of unbranched alkanes of at least 4 members (excludes halogenated alkanes) is 1. The maximum atomic E-state index is 12.5. The van der Waals surface area contributed by atoms with Crippen molar-refractivity contribution in [3.8, 4) is 0 Å². The summed E-state index contributed by atoms with van der Waals surface area (Å²) < 4.78 is 27.7. The summed E-state index contributed by atoms with van der Waals surface area (Å²) in [6.07, 6.45) is 4.94. The number of sulfonamides is 1. The summed E-state index contributed by atoms with van der Waals surface area (Å²) >= 11 is 5.58. The molecule has 30 heavy (non-hydrogen) atoms.